The monoisotopic (exact) mass is 455 g/mol. The lowest BCUT2D eigenvalue weighted by atomic mass is 10.1. The minimum absolute atomic E-state index is 0.0469. The van der Waals surface area contributed by atoms with Gasteiger partial charge in [0.05, 0.1) is 21.3 Å². The molecule has 0 spiro atoms. The molecule has 1 aliphatic carbocycles. The fraction of sp³-hybridized carbons (Fsp3) is 0.571. The first-order valence-electron chi connectivity index (χ1n) is 10.4. The van der Waals surface area contributed by atoms with E-state index in [1.807, 2.05) is 0 Å². The number of carbonyl (C=O) groups is 2. The molecular formula is C21H24F3N3O3S. The van der Waals surface area contributed by atoms with E-state index < -0.39 is 17.6 Å². The van der Waals surface area contributed by atoms with Crippen molar-refractivity contribution in [1.29, 1.82) is 0 Å². The Morgan fingerprint density at radius 2 is 1.97 bits per heavy atom. The van der Waals surface area contributed by atoms with E-state index in [0.29, 0.717) is 38.3 Å². The van der Waals surface area contributed by atoms with Crippen LogP contribution in [0.1, 0.15) is 54.4 Å². The molecule has 1 saturated carbocycles. The Balaban J connectivity index is 1.50. The van der Waals surface area contributed by atoms with Crippen molar-refractivity contribution >= 4 is 39.2 Å². The Hall–Kier alpha value is -2.36. The molecule has 1 N–H and O–H groups in total. The maximum atomic E-state index is 13.7. The Bertz CT molecular complexity index is 979. The summed E-state index contributed by atoms with van der Waals surface area (Å²) >= 11 is 0.865. The number of hydrogen-bond acceptors (Lipinski definition) is 6. The topological polar surface area (TPSA) is 71.5 Å². The zero-order valence-corrected chi connectivity index (χ0v) is 17.9. The molecule has 31 heavy (non-hydrogen) atoms. The SMILES string of the molecule is CNC(=O)c1csc2c(C(F)(F)F)cc(N3CCC(OC(=O)CCC4CC4)CC3)nc12. The second kappa shape index (κ2) is 8.64. The van der Waals surface area contributed by atoms with E-state index in [1.165, 1.54) is 25.3 Å². The van der Waals surface area contributed by atoms with Gasteiger partial charge in [0.1, 0.15) is 11.9 Å². The van der Waals surface area contributed by atoms with Crippen molar-refractivity contribution in [3.05, 3.63) is 22.6 Å². The number of halogens is 3. The maximum absolute atomic E-state index is 13.7. The molecule has 2 aromatic rings. The molecule has 0 atom stereocenters. The Kier molecular flexibility index (Phi) is 6.09. The first-order chi connectivity index (χ1) is 14.8. The smallest absolute Gasteiger partial charge is 0.417 e. The van der Waals surface area contributed by atoms with Crippen LogP contribution in [0.4, 0.5) is 19.0 Å². The van der Waals surface area contributed by atoms with E-state index in [2.05, 4.69) is 10.3 Å². The number of ether oxygens (including phenoxy) is 1. The highest BCUT2D eigenvalue weighted by Gasteiger charge is 2.36. The third-order valence-corrected chi connectivity index (χ3v) is 6.81. The van der Waals surface area contributed by atoms with Gasteiger partial charge in [0.15, 0.2) is 0 Å². The first kappa shape index (κ1) is 21.9. The van der Waals surface area contributed by atoms with Gasteiger partial charge in [-0.05, 0) is 18.4 Å². The third-order valence-electron chi connectivity index (χ3n) is 5.80. The van der Waals surface area contributed by atoms with Crippen molar-refractivity contribution < 1.29 is 27.5 Å². The van der Waals surface area contributed by atoms with E-state index in [-0.39, 0.29) is 33.7 Å². The second-order valence-electron chi connectivity index (χ2n) is 8.09. The number of fused-ring (bicyclic) bond motifs is 1. The number of esters is 1. The number of hydrogen-bond donors (Lipinski definition) is 1. The van der Waals surface area contributed by atoms with Crippen LogP contribution < -0.4 is 10.2 Å². The summed E-state index contributed by atoms with van der Waals surface area (Å²) in [7, 11) is 1.43. The number of alkyl halides is 3. The highest BCUT2D eigenvalue weighted by atomic mass is 32.1. The van der Waals surface area contributed by atoms with Gasteiger partial charge < -0.3 is 15.0 Å². The number of nitrogens with zero attached hydrogens (tertiary/aromatic N) is 2. The van der Waals surface area contributed by atoms with Gasteiger partial charge >= 0.3 is 12.1 Å². The highest BCUT2D eigenvalue weighted by molar-refractivity contribution is 7.17. The second-order valence-corrected chi connectivity index (χ2v) is 8.97. The predicted molar refractivity (Wildman–Crippen MR) is 111 cm³/mol. The molecule has 6 nitrogen and oxygen atoms in total. The number of amides is 1. The lowest BCUT2D eigenvalue weighted by Crippen LogP contribution is -2.38. The number of aromatic nitrogens is 1. The quantitative estimate of drug-likeness (QED) is 0.655. The maximum Gasteiger partial charge on any atom is 0.417 e. The van der Waals surface area contributed by atoms with Crippen molar-refractivity contribution in [3.8, 4) is 0 Å². The van der Waals surface area contributed by atoms with Gasteiger partial charge in [0, 0.05) is 44.8 Å². The summed E-state index contributed by atoms with van der Waals surface area (Å²) in [6.07, 6.45) is -0.0465. The van der Waals surface area contributed by atoms with Gasteiger partial charge in [-0.2, -0.15) is 13.2 Å². The summed E-state index contributed by atoms with van der Waals surface area (Å²) in [5, 5.41) is 3.85. The fourth-order valence-electron chi connectivity index (χ4n) is 3.84. The van der Waals surface area contributed by atoms with Crippen LogP contribution in [0.15, 0.2) is 11.4 Å². The van der Waals surface area contributed by atoms with Crippen molar-refractivity contribution in [2.24, 2.45) is 5.92 Å². The number of anilines is 1. The number of rotatable bonds is 6. The van der Waals surface area contributed by atoms with E-state index in [0.717, 1.165) is 23.8 Å². The molecule has 1 amide bonds. The minimum Gasteiger partial charge on any atom is -0.462 e. The zero-order chi connectivity index (χ0) is 22.2. The number of carbonyl (C=O) groups excluding carboxylic acids is 2. The predicted octanol–water partition coefficient (Wildman–Crippen LogP) is 4.38. The summed E-state index contributed by atoms with van der Waals surface area (Å²) < 4.78 is 46.6. The van der Waals surface area contributed by atoms with Crippen molar-refractivity contribution in [1.82, 2.24) is 10.3 Å². The molecule has 2 aliphatic rings. The molecule has 10 heteroatoms. The van der Waals surface area contributed by atoms with Crippen molar-refractivity contribution in [2.45, 2.75) is 50.8 Å². The molecular weight excluding hydrogens is 431 g/mol. The van der Waals surface area contributed by atoms with Crippen LogP contribution >= 0.6 is 11.3 Å². The average Bonchev–Trinajstić information content (AvgIpc) is 3.48. The van der Waals surface area contributed by atoms with E-state index >= 15 is 0 Å². The normalized spacial score (nSPS) is 17.7. The number of thiophene rings is 1. The fourth-order valence-corrected chi connectivity index (χ4v) is 4.86. The molecule has 1 aliphatic heterocycles. The molecule has 3 heterocycles. The minimum atomic E-state index is -4.56. The van der Waals surface area contributed by atoms with Gasteiger partial charge in [-0.1, -0.05) is 12.8 Å². The molecule has 2 fully saturated rings. The van der Waals surface area contributed by atoms with Gasteiger partial charge in [-0.25, -0.2) is 4.98 Å². The van der Waals surface area contributed by atoms with Crippen LogP contribution in [0.5, 0.6) is 0 Å². The highest BCUT2D eigenvalue weighted by Crippen LogP contribution is 2.40. The summed E-state index contributed by atoms with van der Waals surface area (Å²) in [5.41, 5.74) is -0.599. The standard InChI is InChI=1S/C21H24F3N3O3S/c1-25-20(29)14-11-31-19-15(21(22,23)24)10-16(26-18(14)19)27-8-6-13(7-9-27)30-17(28)5-4-12-2-3-12/h10-13H,2-9H2,1H3,(H,25,29). The van der Waals surface area contributed by atoms with Gasteiger partial charge in [0.25, 0.3) is 5.91 Å². The molecule has 0 aromatic carbocycles. The molecule has 168 valence electrons. The largest absolute Gasteiger partial charge is 0.462 e. The van der Waals surface area contributed by atoms with Crippen LogP contribution in [0.25, 0.3) is 10.2 Å². The lowest BCUT2D eigenvalue weighted by molar-refractivity contribution is -0.150. The molecule has 2 aromatic heterocycles. The lowest BCUT2D eigenvalue weighted by Gasteiger charge is -2.33. The van der Waals surface area contributed by atoms with E-state index in [1.54, 1.807) is 4.90 Å². The number of nitrogens with one attached hydrogen (secondary N) is 1. The molecule has 0 unspecified atom stereocenters. The van der Waals surface area contributed by atoms with Gasteiger partial charge in [-0.15, -0.1) is 11.3 Å². The molecule has 1 saturated heterocycles. The van der Waals surface area contributed by atoms with Crippen LogP contribution in [0.2, 0.25) is 0 Å². The summed E-state index contributed by atoms with van der Waals surface area (Å²) in [4.78, 5) is 30.3. The Morgan fingerprint density at radius 3 is 2.58 bits per heavy atom. The Morgan fingerprint density at radius 1 is 1.26 bits per heavy atom. The molecule has 0 bridgehead atoms. The Labute approximate surface area is 181 Å². The van der Waals surface area contributed by atoms with Crippen LogP contribution in [0.3, 0.4) is 0 Å². The number of piperidine rings is 1. The van der Waals surface area contributed by atoms with Crippen LogP contribution in [-0.2, 0) is 15.7 Å². The number of pyridine rings is 1. The molecule has 0 radical (unpaired) electrons. The summed E-state index contributed by atoms with van der Waals surface area (Å²) in [5.74, 6) is 0.176. The first-order valence-corrected chi connectivity index (χ1v) is 11.3. The van der Waals surface area contributed by atoms with E-state index in [4.69, 9.17) is 4.74 Å². The molecule has 4 rings (SSSR count). The van der Waals surface area contributed by atoms with Gasteiger partial charge in [-0.3, -0.25) is 9.59 Å². The van der Waals surface area contributed by atoms with Crippen LogP contribution in [0, 0.1) is 5.92 Å². The average molecular weight is 456 g/mol. The third kappa shape index (κ3) is 4.94. The van der Waals surface area contributed by atoms with Crippen molar-refractivity contribution in [3.63, 3.8) is 0 Å². The van der Waals surface area contributed by atoms with Crippen LogP contribution in [-0.4, -0.2) is 43.1 Å². The summed E-state index contributed by atoms with van der Waals surface area (Å²) in [6, 6.07) is 1.05. The van der Waals surface area contributed by atoms with Crippen molar-refractivity contribution in [2.75, 3.05) is 25.0 Å². The van der Waals surface area contributed by atoms with Gasteiger partial charge in [0.2, 0.25) is 0 Å². The summed E-state index contributed by atoms with van der Waals surface area (Å²) in [6.45, 7) is 0.853. The van der Waals surface area contributed by atoms with E-state index in [9.17, 15) is 22.8 Å². The zero-order valence-electron chi connectivity index (χ0n) is 17.1.